The van der Waals surface area contributed by atoms with E-state index in [4.69, 9.17) is 34.8 Å². The molecular formula is C16H21Cl3N2O2. The van der Waals surface area contributed by atoms with Gasteiger partial charge in [0.1, 0.15) is 5.71 Å². The maximum Gasteiger partial charge on any atom is 0.352 e. The van der Waals surface area contributed by atoms with Crippen molar-refractivity contribution < 1.29 is 9.90 Å². The Morgan fingerprint density at radius 1 is 1.22 bits per heavy atom. The Morgan fingerprint density at radius 2 is 2.00 bits per heavy atom. The third-order valence-corrected chi connectivity index (χ3v) is 6.27. The molecule has 0 radical (unpaired) electrons. The number of rotatable bonds is 3. The zero-order chi connectivity index (χ0) is 16.6. The molecule has 0 amide bonds. The topological polar surface area (TPSA) is 52.9 Å². The molecule has 7 heteroatoms. The minimum Gasteiger partial charge on any atom is -0.477 e. The highest BCUT2D eigenvalue weighted by Crippen LogP contribution is 2.38. The minimum atomic E-state index is -0.943. The number of carboxylic acid groups (broad SMARTS) is 1. The average Bonchev–Trinajstić information content (AvgIpc) is 2.93. The molecule has 4 unspecified atom stereocenters. The van der Waals surface area contributed by atoms with Crippen molar-refractivity contribution in [1.29, 1.82) is 0 Å². The molecule has 3 aliphatic rings. The summed E-state index contributed by atoms with van der Waals surface area (Å²) in [5.41, 5.74) is 1.47. The molecule has 2 aliphatic carbocycles. The number of alkyl halides is 3. The molecule has 0 saturated heterocycles. The SMILES string of the molecule is O=C(O)C1=NN(C2CCC(Cl)CC2Cl)C(C2=CC[C@H](Cl)CC2)C1. The number of hydrogen-bond acceptors (Lipinski definition) is 3. The number of nitrogens with zero attached hydrogens (tertiary/aromatic N) is 2. The molecule has 3 rings (SSSR count). The fourth-order valence-electron chi connectivity index (χ4n) is 3.74. The highest BCUT2D eigenvalue weighted by molar-refractivity contribution is 6.36. The van der Waals surface area contributed by atoms with Crippen molar-refractivity contribution in [3.05, 3.63) is 11.6 Å². The molecule has 1 aliphatic heterocycles. The molecule has 0 aromatic rings. The normalized spacial score (nSPS) is 38.2. The van der Waals surface area contributed by atoms with Crippen molar-refractivity contribution in [3.63, 3.8) is 0 Å². The number of carbonyl (C=O) groups is 1. The summed E-state index contributed by atoms with van der Waals surface area (Å²) < 4.78 is 0. The van der Waals surface area contributed by atoms with Gasteiger partial charge in [-0.15, -0.1) is 34.8 Å². The van der Waals surface area contributed by atoms with Crippen molar-refractivity contribution in [2.75, 3.05) is 0 Å². The van der Waals surface area contributed by atoms with E-state index in [0.717, 1.165) is 38.5 Å². The van der Waals surface area contributed by atoms with Crippen LogP contribution in [0.25, 0.3) is 0 Å². The molecule has 1 heterocycles. The van der Waals surface area contributed by atoms with Crippen LogP contribution in [0.4, 0.5) is 0 Å². The molecule has 1 N–H and O–H groups in total. The molecule has 4 nitrogen and oxygen atoms in total. The lowest BCUT2D eigenvalue weighted by molar-refractivity contribution is -0.129. The average molecular weight is 380 g/mol. The first-order valence-corrected chi connectivity index (χ1v) is 9.47. The van der Waals surface area contributed by atoms with Crippen molar-refractivity contribution >= 4 is 46.5 Å². The van der Waals surface area contributed by atoms with Crippen LogP contribution in [0, 0.1) is 0 Å². The van der Waals surface area contributed by atoms with Crippen LogP contribution >= 0.6 is 34.8 Å². The van der Waals surface area contributed by atoms with Gasteiger partial charge in [0.25, 0.3) is 0 Å². The third kappa shape index (κ3) is 3.80. The first kappa shape index (κ1) is 17.4. The number of hydrazone groups is 1. The summed E-state index contributed by atoms with van der Waals surface area (Å²) in [6, 6.07) is 0.0477. The van der Waals surface area contributed by atoms with Crippen molar-refractivity contribution in [2.45, 2.75) is 73.2 Å². The lowest BCUT2D eigenvalue weighted by atomic mass is 9.88. The second-order valence-corrected chi connectivity index (χ2v) is 8.39. The summed E-state index contributed by atoms with van der Waals surface area (Å²) >= 11 is 18.9. The van der Waals surface area contributed by atoms with E-state index in [9.17, 15) is 9.90 Å². The second-order valence-electron chi connectivity index (χ2n) is 6.60. The van der Waals surface area contributed by atoms with Gasteiger partial charge in [-0.3, -0.25) is 5.01 Å². The number of halogens is 3. The molecule has 0 spiro atoms. The molecule has 1 fully saturated rings. The number of allylic oxidation sites excluding steroid dienone is 1. The Morgan fingerprint density at radius 3 is 2.61 bits per heavy atom. The predicted molar refractivity (Wildman–Crippen MR) is 93.8 cm³/mol. The van der Waals surface area contributed by atoms with Crippen molar-refractivity contribution in [1.82, 2.24) is 5.01 Å². The van der Waals surface area contributed by atoms with Gasteiger partial charge in [-0.25, -0.2) is 4.79 Å². The Hall–Kier alpha value is -0.450. The number of aliphatic carboxylic acids is 1. The number of hydrogen-bond donors (Lipinski definition) is 1. The van der Waals surface area contributed by atoms with Gasteiger partial charge in [-0.1, -0.05) is 6.08 Å². The maximum absolute atomic E-state index is 11.4. The largest absolute Gasteiger partial charge is 0.477 e. The second kappa shape index (κ2) is 7.20. The third-order valence-electron chi connectivity index (χ3n) is 5.01. The Balaban J connectivity index is 1.82. The standard InChI is InChI=1S/C16H21Cl3N2O2/c17-10-3-1-9(2-4-10)15-8-13(16(22)23)20-21(15)14-6-5-11(18)7-12(14)19/h1,10-12,14-15H,2-8H2,(H,22,23)/t10-,11?,12?,14?,15?/m0/s1. The summed E-state index contributed by atoms with van der Waals surface area (Å²) in [6.45, 7) is 0. The van der Waals surface area contributed by atoms with E-state index in [1.165, 1.54) is 5.57 Å². The zero-order valence-electron chi connectivity index (χ0n) is 12.8. The van der Waals surface area contributed by atoms with Crippen LogP contribution in [0.15, 0.2) is 16.8 Å². The lowest BCUT2D eigenvalue weighted by Crippen LogP contribution is -2.46. The van der Waals surface area contributed by atoms with Crippen LogP contribution in [0.5, 0.6) is 0 Å². The van der Waals surface area contributed by atoms with E-state index in [0.29, 0.717) is 6.42 Å². The Labute approximate surface area is 151 Å². The van der Waals surface area contributed by atoms with E-state index in [1.807, 2.05) is 5.01 Å². The smallest absolute Gasteiger partial charge is 0.352 e. The van der Waals surface area contributed by atoms with Gasteiger partial charge >= 0.3 is 5.97 Å². The van der Waals surface area contributed by atoms with Crippen molar-refractivity contribution in [2.24, 2.45) is 5.10 Å². The quantitative estimate of drug-likeness (QED) is 0.596. The van der Waals surface area contributed by atoms with E-state index in [-0.39, 0.29) is 33.9 Å². The molecular weight excluding hydrogens is 359 g/mol. The van der Waals surface area contributed by atoms with Crippen LogP contribution < -0.4 is 0 Å². The minimum absolute atomic E-state index is 0.00314. The summed E-state index contributed by atoms with van der Waals surface area (Å²) in [6.07, 6.45) is 7.74. The lowest BCUT2D eigenvalue weighted by Gasteiger charge is -2.40. The first-order valence-electron chi connectivity index (χ1n) is 8.16. The van der Waals surface area contributed by atoms with Crippen LogP contribution in [-0.2, 0) is 4.79 Å². The Bertz CT molecular complexity index is 537. The number of carboxylic acids is 1. The van der Waals surface area contributed by atoms with Gasteiger partial charge < -0.3 is 5.11 Å². The maximum atomic E-state index is 11.4. The van der Waals surface area contributed by atoms with Gasteiger partial charge in [-0.2, -0.15) is 5.10 Å². The molecule has 5 atom stereocenters. The zero-order valence-corrected chi connectivity index (χ0v) is 15.1. The van der Waals surface area contributed by atoms with E-state index in [1.54, 1.807) is 0 Å². The van der Waals surface area contributed by atoms with E-state index in [2.05, 4.69) is 11.2 Å². The fraction of sp³-hybridized carbons (Fsp3) is 0.750. The molecule has 23 heavy (non-hydrogen) atoms. The van der Waals surface area contributed by atoms with Gasteiger partial charge in [0.2, 0.25) is 0 Å². The van der Waals surface area contributed by atoms with Crippen molar-refractivity contribution in [3.8, 4) is 0 Å². The molecule has 128 valence electrons. The van der Waals surface area contributed by atoms with E-state index >= 15 is 0 Å². The van der Waals surface area contributed by atoms with Crippen LogP contribution in [-0.4, -0.2) is 50.0 Å². The summed E-state index contributed by atoms with van der Waals surface area (Å²) in [5.74, 6) is -0.943. The highest BCUT2D eigenvalue weighted by Gasteiger charge is 2.41. The van der Waals surface area contributed by atoms with Gasteiger partial charge in [-0.05, 0) is 44.1 Å². The van der Waals surface area contributed by atoms with Crippen LogP contribution in [0.2, 0.25) is 0 Å². The van der Waals surface area contributed by atoms with Gasteiger partial charge in [0.15, 0.2) is 0 Å². The predicted octanol–water partition coefficient (Wildman–Crippen LogP) is 3.99. The summed E-state index contributed by atoms with van der Waals surface area (Å²) in [5, 5.41) is 15.9. The molecule has 0 aromatic carbocycles. The highest BCUT2D eigenvalue weighted by atomic mass is 35.5. The van der Waals surface area contributed by atoms with Crippen LogP contribution in [0.3, 0.4) is 0 Å². The summed E-state index contributed by atoms with van der Waals surface area (Å²) in [7, 11) is 0. The van der Waals surface area contributed by atoms with Gasteiger partial charge in [0.05, 0.1) is 17.5 Å². The molecule has 0 aromatic heterocycles. The molecule has 1 saturated carbocycles. The van der Waals surface area contributed by atoms with E-state index < -0.39 is 5.97 Å². The van der Waals surface area contributed by atoms with Gasteiger partial charge in [0, 0.05) is 17.2 Å². The monoisotopic (exact) mass is 378 g/mol. The summed E-state index contributed by atoms with van der Waals surface area (Å²) in [4.78, 5) is 11.4. The molecule has 0 bridgehead atoms. The Kier molecular flexibility index (Phi) is 5.44. The fourth-order valence-corrected chi connectivity index (χ4v) is 4.80. The first-order chi connectivity index (χ1) is 11.0. The van der Waals surface area contributed by atoms with Crippen LogP contribution in [0.1, 0.15) is 44.9 Å².